The molecule has 2 fully saturated rings. The van der Waals surface area contributed by atoms with Crippen LogP contribution in [0.1, 0.15) is 51.9 Å². The van der Waals surface area contributed by atoms with Crippen LogP contribution in [0.15, 0.2) is 0 Å². The van der Waals surface area contributed by atoms with Gasteiger partial charge in [-0.05, 0) is 45.1 Å². The molecular formula is C15H29NO2. The molecule has 1 unspecified atom stereocenters. The van der Waals surface area contributed by atoms with Crippen molar-refractivity contribution < 1.29 is 9.84 Å². The van der Waals surface area contributed by atoms with Gasteiger partial charge in [-0.1, -0.05) is 19.3 Å². The minimum Gasteiger partial charge on any atom is -0.389 e. The van der Waals surface area contributed by atoms with Gasteiger partial charge in [0.05, 0.1) is 12.2 Å². The van der Waals surface area contributed by atoms with Crippen LogP contribution < -0.4 is 0 Å². The number of hydrogen-bond donors (Lipinski definition) is 1. The Bertz CT molecular complexity index is 239. The number of likely N-dealkylation sites (tertiary alicyclic amines) is 1. The van der Waals surface area contributed by atoms with Crippen molar-refractivity contribution in [1.82, 2.24) is 4.90 Å². The molecule has 106 valence electrons. The van der Waals surface area contributed by atoms with Crippen molar-refractivity contribution in [2.75, 3.05) is 32.8 Å². The smallest absolute Gasteiger partial charge is 0.0774 e. The average molecular weight is 255 g/mol. The number of piperidine rings is 1. The van der Waals surface area contributed by atoms with Crippen LogP contribution in [0.5, 0.6) is 0 Å². The highest BCUT2D eigenvalue weighted by Gasteiger charge is 2.32. The Morgan fingerprint density at radius 2 is 2.00 bits per heavy atom. The lowest BCUT2D eigenvalue weighted by Gasteiger charge is -2.40. The molecule has 0 aromatic rings. The maximum atomic E-state index is 10.6. The number of ether oxygens (including phenoxy) is 1. The zero-order valence-electron chi connectivity index (χ0n) is 11.9. The van der Waals surface area contributed by atoms with Gasteiger partial charge in [-0.25, -0.2) is 0 Å². The molecule has 1 saturated heterocycles. The molecule has 1 N–H and O–H groups in total. The fourth-order valence-corrected chi connectivity index (χ4v) is 3.50. The van der Waals surface area contributed by atoms with Crippen molar-refractivity contribution in [1.29, 1.82) is 0 Å². The van der Waals surface area contributed by atoms with Crippen molar-refractivity contribution in [2.45, 2.75) is 57.5 Å². The Balaban J connectivity index is 1.77. The SMILES string of the molecule is CCOCC1CCCN(CC2(O)CCCCC2)C1. The third kappa shape index (κ3) is 4.22. The molecule has 0 spiro atoms. The van der Waals surface area contributed by atoms with Gasteiger partial charge in [-0.15, -0.1) is 0 Å². The molecule has 0 aromatic heterocycles. The van der Waals surface area contributed by atoms with Crippen molar-refractivity contribution in [3.8, 4) is 0 Å². The molecule has 0 radical (unpaired) electrons. The maximum Gasteiger partial charge on any atom is 0.0774 e. The second-order valence-electron chi connectivity index (χ2n) is 6.19. The fourth-order valence-electron chi connectivity index (χ4n) is 3.50. The summed E-state index contributed by atoms with van der Waals surface area (Å²) >= 11 is 0. The van der Waals surface area contributed by atoms with Gasteiger partial charge >= 0.3 is 0 Å². The lowest BCUT2D eigenvalue weighted by Crippen LogP contribution is -2.48. The zero-order valence-corrected chi connectivity index (χ0v) is 11.9. The van der Waals surface area contributed by atoms with Crippen LogP contribution in [-0.4, -0.2) is 48.5 Å². The van der Waals surface area contributed by atoms with E-state index in [1.54, 1.807) is 0 Å². The number of aliphatic hydroxyl groups is 1. The minimum absolute atomic E-state index is 0.397. The van der Waals surface area contributed by atoms with E-state index in [1.165, 1.54) is 32.1 Å². The first kappa shape index (κ1) is 14.3. The quantitative estimate of drug-likeness (QED) is 0.819. The van der Waals surface area contributed by atoms with E-state index in [4.69, 9.17) is 4.74 Å². The first-order valence-electron chi connectivity index (χ1n) is 7.74. The summed E-state index contributed by atoms with van der Waals surface area (Å²) in [6.45, 7) is 6.93. The number of rotatable bonds is 5. The first-order valence-corrected chi connectivity index (χ1v) is 7.74. The third-order valence-corrected chi connectivity index (χ3v) is 4.46. The van der Waals surface area contributed by atoms with Crippen LogP contribution in [0.2, 0.25) is 0 Å². The topological polar surface area (TPSA) is 32.7 Å². The van der Waals surface area contributed by atoms with Gasteiger partial charge in [0, 0.05) is 19.7 Å². The number of β-amino-alcohol motifs (C(OH)–C–C–N with tert-alkyl or cyclic N) is 1. The lowest BCUT2D eigenvalue weighted by molar-refractivity contribution is -0.0393. The summed E-state index contributed by atoms with van der Waals surface area (Å²) < 4.78 is 5.55. The van der Waals surface area contributed by atoms with Gasteiger partial charge in [0.2, 0.25) is 0 Å². The molecule has 3 nitrogen and oxygen atoms in total. The zero-order chi connectivity index (χ0) is 12.8. The molecule has 18 heavy (non-hydrogen) atoms. The van der Waals surface area contributed by atoms with Crippen molar-refractivity contribution >= 4 is 0 Å². The molecule has 2 rings (SSSR count). The number of nitrogens with zero attached hydrogens (tertiary/aromatic N) is 1. The lowest BCUT2D eigenvalue weighted by atomic mass is 9.84. The molecule has 0 aromatic carbocycles. The maximum absolute atomic E-state index is 10.6. The van der Waals surface area contributed by atoms with E-state index in [1.807, 2.05) is 0 Å². The van der Waals surface area contributed by atoms with Crippen LogP contribution in [0.4, 0.5) is 0 Å². The Morgan fingerprint density at radius 3 is 2.72 bits per heavy atom. The second-order valence-corrected chi connectivity index (χ2v) is 6.19. The summed E-state index contributed by atoms with van der Waals surface area (Å²) in [7, 11) is 0. The molecule has 0 amide bonds. The predicted molar refractivity (Wildman–Crippen MR) is 73.7 cm³/mol. The Morgan fingerprint density at radius 1 is 1.22 bits per heavy atom. The Hall–Kier alpha value is -0.120. The highest BCUT2D eigenvalue weighted by atomic mass is 16.5. The van der Waals surface area contributed by atoms with Crippen LogP contribution in [-0.2, 0) is 4.74 Å². The van der Waals surface area contributed by atoms with E-state index >= 15 is 0 Å². The number of hydrogen-bond acceptors (Lipinski definition) is 3. The van der Waals surface area contributed by atoms with E-state index in [2.05, 4.69) is 11.8 Å². The molecule has 1 saturated carbocycles. The van der Waals surface area contributed by atoms with Crippen molar-refractivity contribution in [3.05, 3.63) is 0 Å². The van der Waals surface area contributed by atoms with Gasteiger partial charge in [0.25, 0.3) is 0 Å². The summed E-state index contributed by atoms with van der Waals surface area (Å²) in [6.07, 6.45) is 8.25. The fraction of sp³-hybridized carbons (Fsp3) is 1.00. The summed E-state index contributed by atoms with van der Waals surface area (Å²) in [5.74, 6) is 0.672. The molecule has 1 aliphatic heterocycles. The van der Waals surface area contributed by atoms with Gasteiger partial charge in [0.1, 0.15) is 0 Å². The van der Waals surface area contributed by atoms with Crippen LogP contribution in [0, 0.1) is 5.92 Å². The summed E-state index contributed by atoms with van der Waals surface area (Å²) in [5.41, 5.74) is -0.397. The van der Waals surface area contributed by atoms with Gasteiger partial charge in [-0.3, -0.25) is 0 Å². The molecular weight excluding hydrogens is 226 g/mol. The normalized spacial score (nSPS) is 29.3. The van der Waals surface area contributed by atoms with Gasteiger partial charge < -0.3 is 14.7 Å². The van der Waals surface area contributed by atoms with Crippen molar-refractivity contribution in [2.24, 2.45) is 5.92 Å². The van der Waals surface area contributed by atoms with Crippen molar-refractivity contribution in [3.63, 3.8) is 0 Å². The first-order chi connectivity index (χ1) is 8.72. The molecule has 1 aliphatic carbocycles. The Kier molecular flexibility index (Phi) is 5.46. The van der Waals surface area contributed by atoms with Gasteiger partial charge in [-0.2, -0.15) is 0 Å². The summed E-state index contributed by atoms with van der Waals surface area (Å²) in [5, 5.41) is 10.6. The van der Waals surface area contributed by atoms with Crippen LogP contribution >= 0.6 is 0 Å². The predicted octanol–water partition coefficient (Wildman–Crippen LogP) is 2.43. The van der Waals surface area contributed by atoms with E-state index in [-0.39, 0.29) is 0 Å². The van der Waals surface area contributed by atoms with E-state index in [9.17, 15) is 5.11 Å². The monoisotopic (exact) mass is 255 g/mol. The molecule has 1 atom stereocenters. The van der Waals surface area contributed by atoms with Crippen LogP contribution in [0.25, 0.3) is 0 Å². The summed E-state index contributed by atoms with van der Waals surface area (Å²) in [4.78, 5) is 2.47. The Labute approximate surface area is 112 Å². The van der Waals surface area contributed by atoms with Gasteiger partial charge in [0.15, 0.2) is 0 Å². The second kappa shape index (κ2) is 6.88. The van der Waals surface area contributed by atoms with Crippen LogP contribution in [0.3, 0.4) is 0 Å². The third-order valence-electron chi connectivity index (χ3n) is 4.46. The molecule has 0 bridgehead atoms. The standard InChI is InChI=1S/C15H29NO2/c1-2-18-12-14-7-6-10-16(11-14)13-15(17)8-4-3-5-9-15/h14,17H,2-13H2,1H3. The van der Waals surface area contributed by atoms with E-state index < -0.39 is 5.60 Å². The molecule has 1 heterocycles. The molecule has 2 aliphatic rings. The largest absolute Gasteiger partial charge is 0.389 e. The molecule has 3 heteroatoms. The summed E-state index contributed by atoms with van der Waals surface area (Å²) in [6, 6.07) is 0. The highest BCUT2D eigenvalue weighted by Crippen LogP contribution is 2.30. The minimum atomic E-state index is -0.397. The highest BCUT2D eigenvalue weighted by molar-refractivity contribution is 4.87. The van der Waals surface area contributed by atoms with E-state index in [0.717, 1.165) is 45.7 Å². The average Bonchev–Trinajstić information content (AvgIpc) is 2.37. The van der Waals surface area contributed by atoms with E-state index in [0.29, 0.717) is 5.92 Å².